The quantitative estimate of drug-likeness (QED) is 0.289. The number of rotatable bonds is 6. The second-order valence-corrected chi connectivity index (χ2v) is 7.53. The van der Waals surface area contributed by atoms with Gasteiger partial charge in [-0.15, -0.1) is 0 Å². The molecule has 0 fully saturated rings. The average Bonchev–Trinajstić information content (AvgIpc) is 2.25. The van der Waals surface area contributed by atoms with Gasteiger partial charge in [-0.1, -0.05) is 53.9 Å². The van der Waals surface area contributed by atoms with Gasteiger partial charge in [-0.25, -0.2) is 0 Å². The molecule has 0 N–H and O–H groups in total. The molecule has 17 heavy (non-hydrogen) atoms. The standard InChI is InChI=1S/C14H29IOSi/c1-7-8-9-10-14(6,13(3,4)5)11(2)12(15)16-17/h7-10H2,1-6,17H3/b12-11-/t14-/m1/s1. The smallest absolute Gasteiger partial charge is 0.204 e. The zero-order valence-electron chi connectivity index (χ0n) is 12.6. The molecule has 0 saturated carbocycles. The van der Waals surface area contributed by atoms with Gasteiger partial charge in [-0.3, -0.25) is 0 Å². The van der Waals surface area contributed by atoms with Crippen molar-refractivity contribution in [2.45, 2.75) is 67.2 Å². The van der Waals surface area contributed by atoms with E-state index in [0.717, 1.165) is 14.3 Å². The first-order valence-electron chi connectivity index (χ1n) is 6.61. The normalized spacial score (nSPS) is 17.6. The number of unbranched alkanes of at least 4 members (excludes halogenated alkanes) is 2. The lowest BCUT2D eigenvalue weighted by atomic mass is 9.62. The maximum Gasteiger partial charge on any atom is 0.204 e. The van der Waals surface area contributed by atoms with E-state index in [1.807, 2.05) is 0 Å². The van der Waals surface area contributed by atoms with Crippen LogP contribution in [-0.4, -0.2) is 10.5 Å². The van der Waals surface area contributed by atoms with Gasteiger partial charge in [0.15, 0.2) is 0 Å². The number of hydrogen-bond donors (Lipinski definition) is 0. The van der Waals surface area contributed by atoms with E-state index in [2.05, 4.69) is 64.1 Å². The highest BCUT2D eigenvalue weighted by Gasteiger charge is 2.39. The fourth-order valence-corrected chi connectivity index (χ4v) is 3.12. The fourth-order valence-electron chi connectivity index (χ4n) is 2.22. The molecule has 0 aliphatic rings. The highest BCUT2D eigenvalue weighted by atomic mass is 127. The lowest BCUT2D eigenvalue weighted by molar-refractivity contribution is 0.132. The lowest BCUT2D eigenvalue weighted by Crippen LogP contribution is -2.34. The summed E-state index contributed by atoms with van der Waals surface area (Å²) in [7, 11) is 0.781. The van der Waals surface area contributed by atoms with Crippen LogP contribution >= 0.6 is 22.6 Å². The maximum absolute atomic E-state index is 5.56. The molecule has 0 bridgehead atoms. The molecule has 0 heterocycles. The van der Waals surface area contributed by atoms with Crippen LogP contribution in [0.1, 0.15) is 67.2 Å². The van der Waals surface area contributed by atoms with Crippen LogP contribution in [0.5, 0.6) is 0 Å². The van der Waals surface area contributed by atoms with Crippen LogP contribution in [0.3, 0.4) is 0 Å². The van der Waals surface area contributed by atoms with E-state index in [0.29, 0.717) is 0 Å². The van der Waals surface area contributed by atoms with E-state index < -0.39 is 0 Å². The van der Waals surface area contributed by atoms with Gasteiger partial charge in [0.2, 0.25) is 10.5 Å². The Bertz CT molecular complexity index is 268. The van der Waals surface area contributed by atoms with Gasteiger partial charge in [-0.05, 0) is 52.3 Å². The summed E-state index contributed by atoms with van der Waals surface area (Å²) in [6.07, 6.45) is 5.19. The summed E-state index contributed by atoms with van der Waals surface area (Å²) < 4.78 is 6.68. The Balaban J connectivity index is 5.12. The summed E-state index contributed by atoms with van der Waals surface area (Å²) >= 11 is 2.35. The van der Waals surface area contributed by atoms with E-state index in [4.69, 9.17) is 4.43 Å². The molecule has 0 aromatic rings. The van der Waals surface area contributed by atoms with Crippen LogP contribution in [0.4, 0.5) is 0 Å². The van der Waals surface area contributed by atoms with Crippen molar-refractivity contribution in [1.29, 1.82) is 0 Å². The molecule has 0 aliphatic heterocycles. The molecule has 0 radical (unpaired) electrons. The van der Waals surface area contributed by atoms with Crippen molar-refractivity contribution in [3.63, 3.8) is 0 Å². The van der Waals surface area contributed by atoms with E-state index in [9.17, 15) is 0 Å². The van der Waals surface area contributed by atoms with Gasteiger partial charge >= 0.3 is 0 Å². The summed E-state index contributed by atoms with van der Waals surface area (Å²) in [5.74, 6) is 0. The number of allylic oxidation sites excluding steroid dienone is 1. The monoisotopic (exact) mass is 368 g/mol. The molecule has 0 spiro atoms. The Labute approximate surface area is 124 Å². The largest absolute Gasteiger partial charge is 0.549 e. The third-order valence-electron chi connectivity index (χ3n) is 4.24. The van der Waals surface area contributed by atoms with Gasteiger partial charge < -0.3 is 4.43 Å². The van der Waals surface area contributed by atoms with Crippen LogP contribution < -0.4 is 0 Å². The van der Waals surface area contributed by atoms with Crippen LogP contribution in [0.15, 0.2) is 9.34 Å². The van der Waals surface area contributed by atoms with Crippen molar-refractivity contribution in [1.82, 2.24) is 0 Å². The summed E-state index contributed by atoms with van der Waals surface area (Å²) in [6, 6.07) is 0. The van der Waals surface area contributed by atoms with Crippen molar-refractivity contribution in [3.05, 3.63) is 9.34 Å². The maximum atomic E-state index is 5.56. The zero-order valence-corrected chi connectivity index (χ0v) is 16.8. The predicted octanol–water partition coefficient (Wildman–Crippen LogP) is 4.58. The minimum Gasteiger partial charge on any atom is -0.549 e. The van der Waals surface area contributed by atoms with Crippen LogP contribution in [0, 0.1) is 10.8 Å². The summed E-state index contributed by atoms with van der Waals surface area (Å²) in [6.45, 7) is 14.0. The second kappa shape index (κ2) is 7.17. The van der Waals surface area contributed by atoms with Crippen LogP contribution in [0.25, 0.3) is 0 Å². The molecule has 1 atom stereocenters. The minimum absolute atomic E-state index is 0.239. The minimum atomic E-state index is 0.239. The summed E-state index contributed by atoms with van der Waals surface area (Å²) in [4.78, 5) is 0. The average molecular weight is 368 g/mol. The zero-order chi connectivity index (χ0) is 13.7. The van der Waals surface area contributed by atoms with Crippen molar-refractivity contribution < 1.29 is 4.43 Å². The van der Waals surface area contributed by atoms with Crippen molar-refractivity contribution >= 4 is 33.1 Å². The Morgan fingerprint density at radius 3 is 2.06 bits per heavy atom. The van der Waals surface area contributed by atoms with Gasteiger partial charge in [0.05, 0.1) is 0 Å². The van der Waals surface area contributed by atoms with Crippen molar-refractivity contribution in [2.24, 2.45) is 10.8 Å². The fraction of sp³-hybridized carbons (Fsp3) is 0.857. The first kappa shape index (κ1) is 17.5. The lowest BCUT2D eigenvalue weighted by Gasteiger charge is -2.43. The first-order valence-corrected chi connectivity index (χ1v) is 8.51. The van der Waals surface area contributed by atoms with Gasteiger partial charge in [0.25, 0.3) is 0 Å². The van der Waals surface area contributed by atoms with E-state index >= 15 is 0 Å². The molecule has 0 unspecified atom stereocenters. The molecular weight excluding hydrogens is 339 g/mol. The van der Waals surface area contributed by atoms with Gasteiger partial charge in [0.1, 0.15) is 3.77 Å². The predicted molar refractivity (Wildman–Crippen MR) is 89.4 cm³/mol. The summed E-state index contributed by atoms with van der Waals surface area (Å²) in [5.41, 5.74) is 1.95. The molecular formula is C14H29IOSi. The van der Waals surface area contributed by atoms with Gasteiger partial charge in [-0.2, -0.15) is 0 Å². The molecule has 102 valence electrons. The molecule has 0 aromatic carbocycles. The van der Waals surface area contributed by atoms with Crippen LogP contribution in [0.2, 0.25) is 0 Å². The number of hydrogen-bond acceptors (Lipinski definition) is 1. The Morgan fingerprint density at radius 2 is 1.71 bits per heavy atom. The second-order valence-electron chi connectivity index (χ2n) is 6.14. The SMILES string of the molecule is CCCCC[C@](C)(/C(C)=C(/I)O[SiH3])C(C)(C)C. The molecule has 0 saturated heterocycles. The van der Waals surface area contributed by atoms with Crippen molar-refractivity contribution in [3.8, 4) is 0 Å². The third-order valence-corrected chi connectivity index (χ3v) is 6.73. The molecule has 1 nitrogen and oxygen atoms in total. The van der Waals surface area contributed by atoms with Crippen molar-refractivity contribution in [2.75, 3.05) is 0 Å². The highest BCUT2D eigenvalue weighted by molar-refractivity contribution is 14.1. The molecule has 0 rings (SSSR count). The Kier molecular flexibility index (Phi) is 7.37. The Hall–Kier alpha value is 0.487. The van der Waals surface area contributed by atoms with Crippen LogP contribution in [-0.2, 0) is 4.43 Å². The van der Waals surface area contributed by atoms with Gasteiger partial charge in [0, 0.05) is 0 Å². The van der Waals surface area contributed by atoms with E-state index in [-0.39, 0.29) is 10.8 Å². The highest BCUT2D eigenvalue weighted by Crippen LogP contribution is 2.49. The Morgan fingerprint density at radius 1 is 1.18 bits per heavy atom. The molecule has 0 amide bonds. The third kappa shape index (κ3) is 4.58. The number of halogens is 1. The molecule has 0 aromatic heterocycles. The molecule has 0 aliphatic carbocycles. The molecule has 3 heteroatoms. The topological polar surface area (TPSA) is 9.23 Å². The van der Waals surface area contributed by atoms with E-state index in [1.165, 1.54) is 31.3 Å². The summed E-state index contributed by atoms with van der Waals surface area (Å²) in [5, 5.41) is 0. The van der Waals surface area contributed by atoms with E-state index in [1.54, 1.807) is 0 Å². The first-order chi connectivity index (χ1) is 7.70.